The second-order valence-corrected chi connectivity index (χ2v) is 8.95. The van der Waals surface area contributed by atoms with Crippen LogP contribution in [0.2, 0.25) is 0 Å². The zero-order chi connectivity index (χ0) is 23.3. The standard InChI is InChI=1S/C25H33N3O5/c1-3-32-21(29)16-20-22(33-17-19-8-5-4-6-9-19)23(30)27(2)24(26-20)28-13-7-10-25(18-28)11-14-31-15-12-25/h4-6,8-9H,3,7,10-18H2,1-2H3. The Hall–Kier alpha value is -2.87. The van der Waals surface area contributed by atoms with Gasteiger partial charge < -0.3 is 19.1 Å². The van der Waals surface area contributed by atoms with Crippen molar-refractivity contribution in [1.82, 2.24) is 9.55 Å². The number of carbonyl (C=O) groups excluding carboxylic acids is 1. The van der Waals surface area contributed by atoms with Gasteiger partial charge in [-0.05, 0) is 43.6 Å². The van der Waals surface area contributed by atoms with Gasteiger partial charge in [0.2, 0.25) is 11.7 Å². The van der Waals surface area contributed by atoms with Gasteiger partial charge in [-0.3, -0.25) is 14.2 Å². The van der Waals surface area contributed by atoms with E-state index in [0.29, 0.717) is 11.6 Å². The molecule has 4 rings (SSSR count). The number of hydrogen-bond donors (Lipinski definition) is 0. The molecule has 0 unspecified atom stereocenters. The first-order valence-corrected chi connectivity index (χ1v) is 11.8. The lowest BCUT2D eigenvalue weighted by Crippen LogP contribution is -2.48. The van der Waals surface area contributed by atoms with Crippen LogP contribution < -0.4 is 15.2 Å². The monoisotopic (exact) mass is 455 g/mol. The Bertz CT molecular complexity index is 1010. The molecule has 33 heavy (non-hydrogen) atoms. The van der Waals surface area contributed by atoms with Crippen LogP contribution in [0.1, 0.15) is 43.9 Å². The second-order valence-electron chi connectivity index (χ2n) is 8.95. The van der Waals surface area contributed by atoms with Crippen LogP contribution in [-0.2, 0) is 34.3 Å². The number of hydrogen-bond acceptors (Lipinski definition) is 7. The summed E-state index contributed by atoms with van der Waals surface area (Å²) in [6.07, 6.45) is 4.13. The number of aromatic nitrogens is 2. The molecule has 0 atom stereocenters. The summed E-state index contributed by atoms with van der Waals surface area (Å²) in [5.74, 6) is 0.265. The van der Waals surface area contributed by atoms with E-state index in [9.17, 15) is 9.59 Å². The Balaban J connectivity index is 1.65. The van der Waals surface area contributed by atoms with E-state index in [1.165, 1.54) is 0 Å². The third-order valence-electron chi connectivity index (χ3n) is 6.64. The van der Waals surface area contributed by atoms with Gasteiger partial charge >= 0.3 is 5.97 Å². The Labute approximate surface area is 194 Å². The summed E-state index contributed by atoms with van der Waals surface area (Å²) in [5.41, 5.74) is 1.16. The van der Waals surface area contributed by atoms with Gasteiger partial charge in [-0.2, -0.15) is 0 Å². The van der Waals surface area contributed by atoms with E-state index in [1.54, 1.807) is 18.5 Å². The van der Waals surface area contributed by atoms with Crippen molar-refractivity contribution >= 4 is 11.9 Å². The lowest BCUT2D eigenvalue weighted by atomic mass is 9.74. The highest BCUT2D eigenvalue weighted by molar-refractivity contribution is 5.73. The first-order valence-electron chi connectivity index (χ1n) is 11.8. The van der Waals surface area contributed by atoms with Crippen LogP contribution >= 0.6 is 0 Å². The molecule has 2 saturated heterocycles. The summed E-state index contributed by atoms with van der Waals surface area (Å²) in [6, 6.07) is 9.62. The molecule has 3 heterocycles. The van der Waals surface area contributed by atoms with Crippen molar-refractivity contribution in [2.24, 2.45) is 12.5 Å². The van der Waals surface area contributed by atoms with E-state index in [1.807, 2.05) is 30.3 Å². The van der Waals surface area contributed by atoms with Gasteiger partial charge in [0.1, 0.15) is 12.3 Å². The average molecular weight is 456 g/mol. The smallest absolute Gasteiger partial charge is 0.312 e. The Morgan fingerprint density at radius 2 is 1.94 bits per heavy atom. The summed E-state index contributed by atoms with van der Waals surface area (Å²) in [7, 11) is 1.72. The van der Waals surface area contributed by atoms with Crippen LogP contribution in [0, 0.1) is 5.41 Å². The molecule has 0 aliphatic carbocycles. The molecule has 8 heteroatoms. The van der Waals surface area contributed by atoms with Gasteiger partial charge in [-0.25, -0.2) is 4.98 Å². The molecule has 1 spiro atoms. The highest BCUT2D eigenvalue weighted by Gasteiger charge is 2.38. The van der Waals surface area contributed by atoms with Gasteiger partial charge in [-0.1, -0.05) is 30.3 Å². The van der Waals surface area contributed by atoms with Crippen molar-refractivity contribution < 1.29 is 19.0 Å². The SMILES string of the molecule is CCOC(=O)Cc1nc(N2CCCC3(CCOCC3)C2)n(C)c(=O)c1OCc1ccccc1. The average Bonchev–Trinajstić information content (AvgIpc) is 2.82. The number of nitrogens with zero attached hydrogens (tertiary/aromatic N) is 3. The van der Waals surface area contributed by atoms with E-state index in [-0.39, 0.29) is 36.4 Å². The number of esters is 1. The predicted molar refractivity (Wildman–Crippen MR) is 125 cm³/mol. The van der Waals surface area contributed by atoms with E-state index in [2.05, 4.69) is 4.90 Å². The van der Waals surface area contributed by atoms with Crippen LogP contribution in [0.25, 0.3) is 0 Å². The number of carbonyl (C=O) groups is 1. The molecule has 0 bridgehead atoms. The van der Waals surface area contributed by atoms with Crippen molar-refractivity contribution in [1.29, 1.82) is 0 Å². The topological polar surface area (TPSA) is 82.9 Å². The third-order valence-corrected chi connectivity index (χ3v) is 6.64. The molecule has 2 aliphatic heterocycles. The molecule has 178 valence electrons. The van der Waals surface area contributed by atoms with Gasteiger partial charge in [0.25, 0.3) is 5.56 Å². The van der Waals surface area contributed by atoms with Crippen LogP contribution in [-0.4, -0.2) is 48.4 Å². The molecule has 2 fully saturated rings. The minimum absolute atomic E-state index is 0.103. The second kappa shape index (κ2) is 10.4. The molecule has 1 aromatic heterocycles. The van der Waals surface area contributed by atoms with E-state index < -0.39 is 5.97 Å². The molecule has 0 N–H and O–H groups in total. The highest BCUT2D eigenvalue weighted by atomic mass is 16.5. The van der Waals surface area contributed by atoms with Gasteiger partial charge in [-0.15, -0.1) is 0 Å². The molecule has 8 nitrogen and oxygen atoms in total. The van der Waals surface area contributed by atoms with Crippen molar-refractivity contribution in [2.75, 3.05) is 37.8 Å². The lowest BCUT2D eigenvalue weighted by molar-refractivity contribution is -0.142. The molecular formula is C25H33N3O5. The normalized spacial score (nSPS) is 17.7. The van der Waals surface area contributed by atoms with Gasteiger partial charge in [0.05, 0.1) is 13.0 Å². The summed E-state index contributed by atoms with van der Waals surface area (Å²) in [6.45, 7) is 5.47. The minimum Gasteiger partial charge on any atom is -0.482 e. The molecule has 0 amide bonds. The first-order chi connectivity index (χ1) is 16.0. The maximum Gasteiger partial charge on any atom is 0.312 e. The summed E-state index contributed by atoms with van der Waals surface area (Å²) >= 11 is 0. The molecule has 2 aromatic rings. The van der Waals surface area contributed by atoms with Crippen LogP contribution in [0.3, 0.4) is 0 Å². The number of rotatable bonds is 7. The van der Waals surface area contributed by atoms with Crippen molar-refractivity contribution in [3.63, 3.8) is 0 Å². The largest absolute Gasteiger partial charge is 0.482 e. The quantitative estimate of drug-likeness (QED) is 0.594. The van der Waals surface area contributed by atoms with Crippen molar-refractivity contribution in [3.05, 3.63) is 51.9 Å². The Morgan fingerprint density at radius 3 is 2.67 bits per heavy atom. The molecule has 0 radical (unpaired) electrons. The summed E-state index contributed by atoms with van der Waals surface area (Å²) in [4.78, 5) is 32.7. The van der Waals surface area contributed by atoms with E-state index in [0.717, 1.165) is 57.6 Å². The van der Waals surface area contributed by atoms with Crippen LogP contribution in [0.4, 0.5) is 5.95 Å². The fraction of sp³-hybridized carbons (Fsp3) is 0.560. The highest BCUT2D eigenvalue weighted by Crippen LogP contribution is 2.40. The predicted octanol–water partition coefficient (Wildman–Crippen LogP) is 2.86. The van der Waals surface area contributed by atoms with Gasteiger partial charge in [0.15, 0.2) is 0 Å². The number of piperidine rings is 1. The lowest BCUT2D eigenvalue weighted by Gasteiger charge is -2.45. The number of benzene rings is 1. The zero-order valence-electron chi connectivity index (χ0n) is 19.5. The minimum atomic E-state index is -0.423. The molecule has 2 aliphatic rings. The Kier molecular flexibility index (Phi) is 7.33. The van der Waals surface area contributed by atoms with E-state index in [4.69, 9.17) is 19.2 Å². The third kappa shape index (κ3) is 5.38. The van der Waals surface area contributed by atoms with E-state index >= 15 is 0 Å². The Morgan fingerprint density at radius 1 is 1.18 bits per heavy atom. The maximum atomic E-state index is 13.4. The molecule has 1 aromatic carbocycles. The van der Waals surface area contributed by atoms with Crippen molar-refractivity contribution in [3.8, 4) is 5.75 Å². The fourth-order valence-corrected chi connectivity index (χ4v) is 4.83. The van der Waals surface area contributed by atoms with Crippen molar-refractivity contribution in [2.45, 2.75) is 45.6 Å². The van der Waals surface area contributed by atoms with Crippen LogP contribution in [0.5, 0.6) is 5.75 Å². The number of ether oxygens (including phenoxy) is 3. The molecule has 0 saturated carbocycles. The first kappa shape index (κ1) is 23.3. The van der Waals surface area contributed by atoms with Crippen LogP contribution in [0.15, 0.2) is 35.1 Å². The fourth-order valence-electron chi connectivity index (χ4n) is 4.83. The molecular weight excluding hydrogens is 422 g/mol. The number of anilines is 1. The summed E-state index contributed by atoms with van der Waals surface area (Å²) in [5, 5.41) is 0. The van der Waals surface area contributed by atoms with Gasteiger partial charge in [0, 0.05) is 33.4 Å². The maximum absolute atomic E-state index is 13.4. The summed E-state index contributed by atoms with van der Waals surface area (Å²) < 4.78 is 18.2. The zero-order valence-corrected chi connectivity index (χ0v) is 19.5.